The van der Waals surface area contributed by atoms with Gasteiger partial charge in [-0.15, -0.1) is 0 Å². The topological polar surface area (TPSA) is 52.6 Å². The van der Waals surface area contributed by atoms with E-state index >= 15 is 0 Å². The Morgan fingerprint density at radius 1 is 0.700 bits per heavy atom. The highest BCUT2D eigenvalue weighted by Crippen LogP contribution is 2.34. The van der Waals surface area contributed by atoms with Crippen molar-refractivity contribution in [2.24, 2.45) is 17.3 Å². The average Bonchev–Trinajstić information content (AvgIpc) is 2.69. The molecule has 178 valence electrons. The van der Waals surface area contributed by atoms with Crippen LogP contribution in [0.5, 0.6) is 0 Å². The van der Waals surface area contributed by atoms with Crippen LogP contribution in [-0.2, 0) is 19.1 Å². The number of hydrogen-bond acceptors (Lipinski definition) is 4. The smallest absolute Gasteiger partial charge is 0.312 e. The minimum Gasteiger partial charge on any atom is -0.466 e. The first-order valence-corrected chi connectivity index (χ1v) is 12.6. The van der Waals surface area contributed by atoms with Gasteiger partial charge >= 0.3 is 11.9 Å². The maximum Gasteiger partial charge on any atom is 0.312 e. The van der Waals surface area contributed by atoms with Gasteiger partial charge in [-0.3, -0.25) is 9.59 Å². The lowest BCUT2D eigenvalue weighted by atomic mass is 9.77. The summed E-state index contributed by atoms with van der Waals surface area (Å²) in [5.74, 6) is 1.10. The Morgan fingerprint density at radius 3 is 1.67 bits per heavy atom. The van der Waals surface area contributed by atoms with Crippen LogP contribution in [0.25, 0.3) is 0 Å². The first-order chi connectivity index (χ1) is 14.3. The molecule has 0 aromatic rings. The Labute approximate surface area is 186 Å². The zero-order valence-corrected chi connectivity index (χ0v) is 20.9. The summed E-state index contributed by atoms with van der Waals surface area (Å²) in [4.78, 5) is 24.3. The number of rotatable bonds is 19. The Kier molecular flexibility index (Phi) is 17.0. The van der Waals surface area contributed by atoms with Gasteiger partial charge in [0.2, 0.25) is 0 Å². The molecule has 0 N–H and O–H groups in total. The van der Waals surface area contributed by atoms with Gasteiger partial charge in [-0.1, -0.05) is 80.1 Å². The number of unbranched alkanes of at least 4 members (excludes halogenated alkanes) is 6. The quantitative estimate of drug-likeness (QED) is 0.159. The molecule has 0 aliphatic heterocycles. The standard InChI is InChI=1S/C26H50O4/c1-7-26(8-2,25(28)30-21-18-23(5)6)19-15-13-11-9-10-12-14-16-24(27)29-20-17-22(3)4/h22-23H,7-21H2,1-6H3. The Balaban J connectivity index is 3.85. The molecule has 4 nitrogen and oxygen atoms in total. The molecule has 0 unspecified atom stereocenters. The molecule has 0 aromatic carbocycles. The summed E-state index contributed by atoms with van der Waals surface area (Å²) < 4.78 is 10.8. The Morgan fingerprint density at radius 2 is 1.17 bits per heavy atom. The molecule has 0 radical (unpaired) electrons. The molecule has 0 rings (SSSR count). The van der Waals surface area contributed by atoms with E-state index in [1.165, 1.54) is 19.3 Å². The fourth-order valence-corrected chi connectivity index (χ4v) is 3.63. The number of hydrogen-bond donors (Lipinski definition) is 0. The Hall–Kier alpha value is -1.06. The molecule has 0 atom stereocenters. The molecule has 0 spiro atoms. The van der Waals surface area contributed by atoms with E-state index in [0.29, 0.717) is 31.5 Å². The highest BCUT2D eigenvalue weighted by molar-refractivity contribution is 5.76. The van der Waals surface area contributed by atoms with E-state index in [9.17, 15) is 9.59 Å². The normalized spacial score (nSPS) is 11.9. The first kappa shape index (κ1) is 28.9. The lowest BCUT2D eigenvalue weighted by molar-refractivity contribution is -0.157. The van der Waals surface area contributed by atoms with Crippen molar-refractivity contribution in [3.05, 3.63) is 0 Å². The van der Waals surface area contributed by atoms with Crippen LogP contribution in [0.4, 0.5) is 0 Å². The minimum absolute atomic E-state index is 0.00781. The van der Waals surface area contributed by atoms with E-state index in [1.807, 2.05) is 0 Å². The number of carbonyl (C=O) groups is 2. The third kappa shape index (κ3) is 14.0. The van der Waals surface area contributed by atoms with Gasteiger partial charge in [0.1, 0.15) is 0 Å². The largest absolute Gasteiger partial charge is 0.466 e. The number of carbonyl (C=O) groups excluding carboxylic acids is 2. The predicted octanol–water partition coefficient (Wildman–Crippen LogP) is 7.48. The fourth-order valence-electron chi connectivity index (χ4n) is 3.63. The Bertz CT molecular complexity index is 438. The summed E-state index contributed by atoms with van der Waals surface area (Å²) >= 11 is 0. The molecule has 0 amide bonds. The fraction of sp³-hybridized carbons (Fsp3) is 0.923. The van der Waals surface area contributed by atoms with Gasteiger partial charge < -0.3 is 9.47 Å². The van der Waals surface area contributed by atoms with Gasteiger partial charge in [0, 0.05) is 6.42 Å². The lowest BCUT2D eigenvalue weighted by Gasteiger charge is -2.29. The molecular weight excluding hydrogens is 376 g/mol. The highest BCUT2D eigenvalue weighted by Gasteiger charge is 2.35. The molecule has 30 heavy (non-hydrogen) atoms. The molecule has 0 heterocycles. The van der Waals surface area contributed by atoms with Crippen LogP contribution in [-0.4, -0.2) is 25.2 Å². The van der Waals surface area contributed by atoms with Crippen LogP contribution in [0, 0.1) is 17.3 Å². The van der Waals surface area contributed by atoms with Crippen molar-refractivity contribution < 1.29 is 19.1 Å². The van der Waals surface area contributed by atoms with Crippen LogP contribution in [0.2, 0.25) is 0 Å². The molecule has 4 heteroatoms. The van der Waals surface area contributed by atoms with Crippen molar-refractivity contribution in [1.82, 2.24) is 0 Å². The second-order valence-electron chi connectivity index (χ2n) is 9.68. The summed E-state index contributed by atoms with van der Waals surface area (Å²) in [6, 6.07) is 0. The predicted molar refractivity (Wildman–Crippen MR) is 125 cm³/mol. The molecule has 0 bridgehead atoms. The van der Waals surface area contributed by atoms with Crippen molar-refractivity contribution in [2.75, 3.05) is 13.2 Å². The van der Waals surface area contributed by atoms with E-state index in [1.54, 1.807) is 0 Å². The van der Waals surface area contributed by atoms with E-state index < -0.39 is 0 Å². The molecule has 0 fully saturated rings. The van der Waals surface area contributed by atoms with Crippen molar-refractivity contribution in [3.63, 3.8) is 0 Å². The molecular formula is C26H50O4. The van der Waals surface area contributed by atoms with Gasteiger partial charge in [0.05, 0.1) is 18.6 Å². The van der Waals surface area contributed by atoms with Gasteiger partial charge in [0.15, 0.2) is 0 Å². The second kappa shape index (κ2) is 17.6. The summed E-state index contributed by atoms with van der Waals surface area (Å²) in [7, 11) is 0. The SMILES string of the molecule is CCC(CC)(CCCCCCCCCC(=O)OCCC(C)C)C(=O)OCCC(C)C. The average molecular weight is 427 g/mol. The van der Waals surface area contributed by atoms with Crippen molar-refractivity contribution in [1.29, 1.82) is 0 Å². The van der Waals surface area contributed by atoms with E-state index in [-0.39, 0.29) is 17.4 Å². The summed E-state index contributed by atoms with van der Waals surface area (Å²) in [5.41, 5.74) is -0.299. The van der Waals surface area contributed by atoms with E-state index in [4.69, 9.17) is 9.47 Å². The van der Waals surface area contributed by atoms with E-state index in [2.05, 4.69) is 41.5 Å². The van der Waals surface area contributed by atoms with Crippen molar-refractivity contribution in [2.45, 2.75) is 125 Å². The second-order valence-corrected chi connectivity index (χ2v) is 9.68. The van der Waals surface area contributed by atoms with Gasteiger partial charge in [0.25, 0.3) is 0 Å². The maximum atomic E-state index is 12.6. The van der Waals surface area contributed by atoms with Crippen LogP contribution in [0.3, 0.4) is 0 Å². The maximum absolute atomic E-state index is 12.6. The summed E-state index contributed by atoms with van der Waals surface area (Å²) in [6.07, 6.45) is 12.9. The van der Waals surface area contributed by atoms with Crippen LogP contribution in [0.15, 0.2) is 0 Å². The van der Waals surface area contributed by atoms with Gasteiger partial charge in [-0.25, -0.2) is 0 Å². The zero-order chi connectivity index (χ0) is 22.8. The van der Waals surface area contributed by atoms with Gasteiger partial charge in [-0.05, 0) is 50.4 Å². The zero-order valence-electron chi connectivity index (χ0n) is 20.9. The minimum atomic E-state index is -0.299. The van der Waals surface area contributed by atoms with Gasteiger partial charge in [-0.2, -0.15) is 0 Å². The third-order valence-electron chi connectivity index (χ3n) is 6.21. The number of esters is 2. The first-order valence-electron chi connectivity index (χ1n) is 12.6. The van der Waals surface area contributed by atoms with Crippen LogP contribution >= 0.6 is 0 Å². The lowest BCUT2D eigenvalue weighted by Crippen LogP contribution is -2.32. The summed E-state index contributed by atoms with van der Waals surface area (Å²) in [5, 5.41) is 0. The molecule has 0 saturated carbocycles. The number of ether oxygens (including phenoxy) is 2. The van der Waals surface area contributed by atoms with Crippen LogP contribution in [0.1, 0.15) is 125 Å². The molecule has 0 aliphatic rings. The van der Waals surface area contributed by atoms with Crippen molar-refractivity contribution in [3.8, 4) is 0 Å². The third-order valence-corrected chi connectivity index (χ3v) is 6.21. The van der Waals surface area contributed by atoms with E-state index in [0.717, 1.165) is 57.8 Å². The molecule has 0 aliphatic carbocycles. The summed E-state index contributed by atoms with van der Waals surface area (Å²) in [6.45, 7) is 13.9. The highest BCUT2D eigenvalue weighted by atomic mass is 16.5. The van der Waals surface area contributed by atoms with Crippen molar-refractivity contribution >= 4 is 11.9 Å². The monoisotopic (exact) mass is 426 g/mol. The molecule has 0 aromatic heterocycles. The molecule has 0 saturated heterocycles. The van der Waals surface area contributed by atoms with Crippen LogP contribution < -0.4 is 0 Å².